The van der Waals surface area contributed by atoms with Crippen LogP contribution in [0.25, 0.3) is 6.08 Å². The number of carbonyl (C=O) groups excluding carboxylic acids is 4. The maximum atomic E-state index is 13.5. The molecule has 0 aliphatic rings. The predicted octanol–water partition coefficient (Wildman–Crippen LogP) is 2.64. The number of nitrogens with zero attached hydrogens (tertiary/aromatic N) is 2. The van der Waals surface area contributed by atoms with Crippen LogP contribution in [0.2, 0.25) is 0 Å². The first-order valence-corrected chi connectivity index (χ1v) is 14.7. The topological polar surface area (TPSA) is 186 Å². The van der Waals surface area contributed by atoms with E-state index in [1.165, 1.54) is 19.1 Å². The van der Waals surface area contributed by atoms with E-state index in [-0.39, 0.29) is 24.2 Å². The summed E-state index contributed by atoms with van der Waals surface area (Å²) in [5, 5.41) is 34.3. The molecule has 0 spiro atoms. The summed E-state index contributed by atoms with van der Waals surface area (Å²) in [7, 11) is 0. The molecule has 0 unspecified atom stereocenters. The van der Waals surface area contributed by atoms with Crippen molar-refractivity contribution in [1.29, 1.82) is 5.26 Å². The van der Waals surface area contributed by atoms with Gasteiger partial charge in [0.15, 0.2) is 5.69 Å². The monoisotopic (exact) mass is 628 g/mol. The van der Waals surface area contributed by atoms with Crippen LogP contribution >= 0.6 is 0 Å². The van der Waals surface area contributed by atoms with Crippen LogP contribution < -0.4 is 21.3 Å². The summed E-state index contributed by atoms with van der Waals surface area (Å²) in [6.07, 6.45) is 0.150. The Morgan fingerprint density at radius 2 is 1.70 bits per heavy atom. The van der Waals surface area contributed by atoms with Gasteiger partial charge >= 0.3 is 0 Å². The van der Waals surface area contributed by atoms with E-state index >= 15 is 0 Å². The minimum absolute atomic E-state index is 0.0200. The molecule has 3 aromatic rings. The third kappa shape index (κ3) is 10.7. The molecule has 2 aromatic carbocycles. The van der Waals surface area contributed by atoms with Crippen molar-refractivity contribution in [2.75, 3.05) is 0 Å². The van der Waals surface area contributed by atoms with Gasteiger partial charge in [0.25, 0.3) is 11.8 Å². The number of hydrogen-bond acceptors (Lipinski definition) is 8. The number of aryl methyl sites for hydroxylation is 2. The van der Waals surface area contributed by atoms with Crippen molar-refractivity contribution in [2.45, 2.75) is 78.2 Å². The highest BCUT2D eigenvalue weighted by Crippen LogP contribution is 2.14. The maximum Gasteiger partial charge on any atom is 0.274 e. The molecule has 0 saturated heterocycles. The Bertz CT molecular complexity index is 1630. The molecule has 12 nitrogen and oxygen atoms in total. The third-order valence-corrected chi connectivity index (χ3v) is 6.69. The van der Waals surface area contributed by atoms with Crippen molar-refractivity contribution in [3.63, 3.8) is 0 Å². The summed E-state index contributed by atoms with van der Waals surface area (Å²) in [4.78, 5) is 52.2. The van der Waals surface area contributed by atoms with Crippen LogP contribution in [0.3, 0.4) is 0 Å². The zero-order chi connectivity index (χ0) is 34.0. The molecule has 3 atom stereocenters. The number of amides is 4. The van der Waals surface area contributed by atoms with Gasteiger partial charge in [0, 0.05) is 24.6 Å². The molecule has 46 heavy (non-hydrogen) atoms. The van der Waals surface area contributed by atoms with Crippen LogP contribution in [-0.4, -0.2) is 57.6 Å². The van der Waals surface area contributed by atoms with Crippen LogP contribution in [0.5, 0.6) is 0 Å². The molecule has 242 valence electrons. The van der Waals surface area contributed by atoms with Crippen LogP contribution in [0, 0.1) is 25.2 Å². The molecule has 5 N–H and O–H groups in total. The lowest BCUT2D eigenvalue weighted by molar-refractivity contribution is -0.131. The average Bonchev–Trinajstić information content (AvgIpc) is 3.43. The van der Waals surface area contributed by atoms with Gasteiger partial charge in [-0.25, -0.2) is 0 Å². The Labute approximate surface area is 268 Å². The number of aliphatic hydroxyl groups excluding tert-OH is 1. The summed E-state index contributed by atoms with van der Waals surface area (Å²) in [6, 6.07) is 15.2. The molecule has 0 aliphatic heterocycles. The Morgan fingerprint density at radius 1 is 1.00 bits per heavy atom. The number of benzene rings is 2. The normalized spacial score (nSPS) is 13.5. The van der Waals surface area contributed by atoms with E-state index in [9.17, 15) is 29.5 Å². The van der Waals surface area contributed by atoms with Gasteiger partial charge in [-0.05, 0) is 64.3 Å². The molecule has 12 heteroatoms. The van der Waals surface area contributed by atoms with Crippen molar-refractivity contribution in [3.8, 4) is 6.07 Å². The SMILES string of the molecule is Cc1ccc(CNC(=O)[C@H](Cc2cccc(/C=C(\C#N)C(=O)NC(C)(C)C)c2)NC(=O)[C@@H](NC(=O)c2cc(C)on2)[C@@H](C)O)cc1. The van der Waals surface area contributed by atoms with Gasteiger partial charge in [-0.15, -0.1) is 0 Å². The fraction of sp³-hybridized carbons (Fsp3) is 0.353. The lowest BCUT2D eigenvalue weighted by Crippen LogP contribution is -2.57. The number of aliphatic hydroxyl groups is 1. The summed E-state index contributed by atoms with van der Waals surface area (Å²) in [6.45, 7) is 10.5. The molecule has 3 rings (SSSR count). The minimum atomic E-state index is -1.41. The first-order chi connectivity index (χ1) is 21.6. The smallest absolute Gasteiger partial charge is 0.274 e. The molecule has 4 amide bonds. The largest absolute Gasteiger partial charge is 0.391 e. The molecule has 1 aromatic heterocycles. The fourth-order valence-corrected chi connectivity index (χ4v) is 4.35. The van der Waals surface area contributed by atoms with E-state index in [1.54, 1.807) is 31.2 Å². The molecule has 0 fully saturated rings. The second kappa shape index (κ2) is 15.6. The highest BCUT2D eigenvalue weighted by molar-refractivity contribution is 6.02. The molecular weight excluding hydrogens is 588 g/mol. The van der Waals surface area contributed by atoms with Crippen molar-refractivity contribution < 1.29 is 28.8 Å². The first-order valence-electron chi connectivity index (χ1n) is 14.7. The molecule has 0 saturated carbocycles. The summed E-state index contributed by atoms with van der Waals surface area (Å²) >= 11 is 0. The first kappa shape index (κ1) is 35.2. The van der Waals surface area contributed by atoms with Crippen molar-refractivity contribution in [2.24, 2.45) is 0 Å². The van der Waals surface area contributed by atoms with Gasteiger partial charge in [-0.2, -0.15) is 5.26 Å². The molecule has 0 radical (unpaired) electrons. The van der Waals surface area contributed by atoms with E-state index in [0.717, 1.165) is 11.1 Å². The Hall–Kier alpha value is -5.28. The minimum Gasteiger partial charge on any atom is -0.391 e. The zero-order valence-electron chi connectivity index (χ0n) is 26.8. The number of nitrogens with one attached hydrogen (secondary N) is 4. The van der Waals surface area contributed by atoms with E-state index in [0.29, 0.717) is 16.9 Å². The third-order valence-electron chi connectivity index (χ3n) is 6.69. The van der Waals surface area contributed by atoms with Crippen molar-refractivity contribution in [1.82, 2.24) is 26.4 Å². The van der Waals surface area contributed by atoms with Crippen molar-refractivity contribution in [3.05, 3.63) is 93.9 Å². The lowest BCUT2D eigenvalue weighted by Gasteiger charge is -2.24. The van der Waals surface area contributed by atoms with Gasteiger partial charge in [0.2, 0.25) is 11.8 Å². The van der Waals surface area contributed by atoms with Crippen LogP contribution in [-0.2, 0) is 27.3 Å². The summed E-state index contributed by atoms with van der Waals surface area (Å²) < 4.78 is 4.92. The number of rotatable bonds is 12. The van der Waals surface area contributed by atoms with Crippen LogP contribution in [0.1, 0.15) is 66.2 Å². The Kier molecular flexibility index (Phi) is 12.0. The lowest BCUT2D eigenvalue weighted by atomic mass is 10.0. The highest BCUT2D eigenvalue weighted by Gasteiger charge is 2.31. The maximum absolute atomic E-state index is 13.5. The van der Waals surface area contributed by atoms with Gasteiger partial charge < -0.3 is 30.9 Å². The number of nitriles is 1. The van der Waals surface area contributed by atoms with Gasteiger partial charge in [0.1, 0.15) is 29.5 Å². The molecule has 0 bridgehead atoms. The number of hydrogen-bond donors (Lipinski definition) is 5. The molecule has 1 heterocycles. The molecular formula is C34H40N6O6. The quantitative estimate of drug-likeness (QED) is 0.150. The Morgan fingerprint density at radius 3 is 2.28 bits per heavy atom. The highest BCUT2D eigenvalue weighted by atomic mass is 16.5. The van der Waals surface area contributed by atoms with Gasteiger partial charge in [-0.1, -0.05) is 59.3 Å². The summed E-state index contributed by atoms with van der Waals surface area (Å²) in [5.41, 5.74) is 2.38. The average molecular weight is 629 g/mol. The van der Waals surface area contributed by atoms with Crippen molar-refractivity contribution >= 4 is 29.7 Å². The standard InChI is InChI=1S/C34H40N6O6/c1-20-10-12-23(13-11-20)19-36-31(43)27(37-33(45)29(22(3)41)38-32(44)28-14-21(2)46-40-28)17-25-9-7-8-24(15-25)16-26(18-35)30(42)39-34(4,5)6/h7-16,22,27,29,41H,17,19H2,1-6H3,(H,36,43)(H,37,45)(H,38,44)(H,39,42)/b26-16+/t22-,27+,29+/m1/s1. The van der Waals surface area contributed by atoms with Crippen LogP contribution in [0.15, 0.2) is 64.7 Å². The van der Waals surface area contributed by atoms with E-state index in [4.69, 9.17) is 4.52 Å². The second-order valence-corrected chi connectivity index (χ2v) is 12.1. The van der Waals surface area contributed by atoms with Gasteiger partial charge in [-0.3, -0.25) is 19.2 Å². The zero-order valence-corrected chi connectivity index (χ0v) is 26.8. The van der Waals surface area contributed by atoms with E-state index < -0.39 is 47.4 Å². The van der Waals surface area contributed by atoms with Gasteiger partial charge in [0.05, 0.1) is 6.10 Å². The number of aromatic nitrogens is 1. The predicted molar refractivity (Wildman–Crippen MR) is 171 cm³/mol. The second-order valence-electron chi connectivity index (χ2n) is 12.1. The van der Waals surface area contributed by atoms with Crippen LogP contribution in [0.4, 0.5) is 0 Å². The number of carbonyl (C=O) groups is 4. The van der Waals surface area contributed by atoms with E-state index in [1.807, 2.05) is 58.0 Å². The molecule has 0 aliphatic carbocycles. The Balaban J connectivity index is 1.85. The van der Waals surface area contributed by atoms with E-state index in [2.05, 4.69) is 26.4 Å². The summed E-state index contributed by atoms with van der Waals surface area (Å²) in [5.74, 6) is -2.16. The fourth-order valence-electron chi connectivity index (χ4n) is 4.35.